The number of aromatic hydroxyl groups is 2. The van der Waals surface area contributed by atoms with Crippen molar-refractivity contribution in [2.75, 3.05) is 6.61 Å². The van der Waals surface area contributed by atoms with Gasteiger partial charge in [0.1, 0.15) is 5.92 Å². The lowest BCUT2D eigenvalue weighted by atomic mass is 10.2. The zero-order valence-corrected chi connectivity index (χ0v) is 10.3. The molecule has 1 aromatic heterocycles. The molecule has 1 aromatic carbocycles. The van der Waals surface area contributed by atoms with Crippen LogP contribution in [-0.2, 0) is 9.53 Å². The van der Waals surface area contributed by atoms with Gasteiger partial charge in [0, 0.05) is 11.1 Å². The maximum atomic E-state index is 11.6. The Labute approximate surface area is 109 Å². The van der Waals surface area contributed by atoms with Gasteiger partial charge in [0.05, 0.1) is 12.3 Å². The van der Waals surface area contributed by atoms with Crippen molar-refractivity contribution in [2.45, 2.75) is 12.8 Å². The fourth-order valence-electron chi connectivity index (χ4n) is 2.35. The Balaban J connectivity index is 1.98. The standard InChI is InChI=1S/C14H13NO4/c1-2-19-14(18)11-9-10(11)13(17)15(12(9)16)8-6-4-3-5-7-8/h3-7,11,16-17H,2H2,1H3. The number of hydrogen-bond donors (Lipinski definition) is 2. The molecule has 1 aliphatic carbocycles. The van der Waals surface area contributed by atoms with Crippen LogP contribution in [0.1, 0.15) is 24.0 Å². The van der Waals surface area contributed by atoms with Crippen molar-refractivity contribution in [3.8, 4) is 17.4 Å². The molecule has 0 aliphatic heterocycles. The van der Waals surface area contributed by atoms with Crippen molar-refractivity contribution >= 4 is 5.97 Å². The molecule has 0 atom stereocenters. The van der Waals surface area contributed by atoms with Gasteiger partial charge in [-0.3, -0.25) is 9.36 Å². The van der Waals surface area contributed by atoms with E-state index in [0.717, 1.165) is 0 Å². The average molecular weight is 259 g/mol. The zero-order valence-electron chi connectivity index (χ0n) is 10.3. The first-order chi connectivity index (χ1) is 9.16. The number of benzene rings is 1. The van der Waals surface area contributed by atoms with Crippen LogP contribution in [0.5, 0.6) is 11.8 Å². The highest BCUT2D eigenvalue weighted by Gasteiger charge is 2.50. The maximum Gasteiger partial charge on any atom is 0.318 e. The molecule has 2 aromatic rings. The van der Waals surface area contributed by atoms with Gasteiger partial charge in [-0.2, -0.15) is 0 Å². The summed E-state index contributed by atoms with van der Waals surface area (Å²) in [5, 5.41) is 20.2. The molecular weight excluding hydrogens is 246 g/mol. The lowest BCUT2D eigenvalue weighted by Crippen LogP contribution is -2.07. The summed E-state index contributed by atoms with van der Waals surface area (Å²) >= 11 is 0. The van der Waals surface area contributed by atoms with Gasteiger partial charge in [0.2, 0.25) is 11.8 Å². The summed E-state index contributed by atoms with van der Waals surface area (Å²) in [7, 11) is 0. The molecule has 0 radical (unpaired) electrons. The fourth-order valence-corrected chi connectivity index (χ4v) is 2.35. The Kier molecular flexibility index (Phi) is 2.48. The smallest absolute Gasteiger partial charge is 0.318 e. The molecule has 5 nitrogen and oxygen atoms in total. The van der Waals surface area contributed by atoms with Gasteiger partial charge in [-0.05, 0) is 19.1 Å². The van der Waals surface area contributed by atoms with E-state index in [9.17, 15) is 15.0 Å². The second-order valence-corrected chi connectivity index (χ2v) is 4.33. The molecule has 0 amide bonds. The van der Waals surface area contributed by atoms with Crippen molar-refractivity contribution in [3.63, 3.8) is 0 Å². The van der Waals surface area contributed by atoms with E-state index >= 15 is 0 Å². The van der Waals surface area contributed by atoms with E-state index in [4.69, 9.17) is 4.74 Å². The molecule has 98 valence electrons. The molecule has 5 heteroatoms. The monoisotopic (exact) mass is 259 g/mol. The number of fused-ring (bicyclic) bond motifs is 1. The summed E-state index contributed by atoms with van der Waals surface area (Å²) in [6, 6.07) is 8.97. The lowest BCUT2D eigenvalue weighted by Gasteiger charge is -2.10. The molecule has 2 N–H and O–H groups in total. The van der Waals surface area contributed by atoms with Gasteiger partial charge < -0.3 is 14.9 Å². The number of carbonyl (C=O) groups excluding carboxylic acids is 1. The van der Waals surface area contributed by atoms with Crippen molar-refractivity contribution in [3.05, 3.63) is 41.5 Å². The van der Waals surface area contributed by atoms with E-state index in [-0.39, 0.29) is 18.4 Å². The minimum absolute atomic E-state index is 0.100. The van der Waals surface area contributed by atoms with Crippen LogP contribution in [0.3, 0.4) is 0 Å². The largest absolute Gasteiger partial charge is 0.494 e. The molecule has 1 heterocycles. The number of carbonyl (C=O) groups is 1. The summed E-state index contributed by atoms with van der Waals surface area (Å²) < 4.78 is 6.21. The Hall–Kier alpha value is -2.43. The summed E-state index contributed by atoms with van der Waals surface area (Å²) in [5.74, 6) is -1.24. The quantitative estimate of drug-likeness (QED) is 0.826. The molecule has 0 bridgehead atoms. The van der Waals surface area contributed by atoms with Gasteiger partial charge in [-0.15, -0.1) is 0 Å². The first-order valence-corrected chi connectivity index (χ1v) is 6.05. The molecule has 0 unspecified atom stereocenters. The van der Waals surface area contributed by atoms with Crippen molar-refractivity contribution in [2.24, 2.45) is 0 Å². The number of hydrogen-bond acceptors (Lipinski definition) is 4. The number of rotatable bonds is 3. The van der Waals surface area contributed by atoms with E-state index in [1.165, 1.54) is 4.57 Å². The highest BCUT2D eigenvalue weighted by Crippen LogP contribution is 2.57. The first kappa shape index (κ1) is 11.6. The van der Waals surface area contributed by atoms with Crippen LogP contribution in [0, 0.1) is 0 Å². The van der Waals surface area contributed by atoms with E-state index in [2.05, 4.69) is 0 Å². The summed E-state index contributed by atoms with van der Waals surface area (Å²) in [6.45, 7) is 1.99. The highest BCUT2D eigenvalue weighted by atomic mass is 16.5. The van der Waals surface area contributed by atoms with Crippen molar-refractivity contribution in [1.29, 1.82) is 0 Å². The highest BCUT2D eigenvalue weighted by molar-refractivity contribution is 5.94. The van der Waals surface area contributed by atoms with Crippen LogP contribution < -0.4 is 0 Å². The number of nitrogens with zero attached hydrogens (tertiary/aromatic N) is 1. The molecule has 19 heavy (non-hydrogen) atoms. The Bertz CT molecular complexity index is 618. The van der Waals surface area contributed by atoms with Crippen LogP contribution in [0.2, 0.25) is 0 Å². The Morgan fingerprint density at radius 3 is 2.32 bits per heavy atom. The SMILES string of the molecule is CCOC(=O)C1c2c1c(O)n(-c1ccccc1)c2O. The number of esters is 1. The minimum Gasteiger partial charge on any atom is -0.494 e. The second-order valence-electron chi connectivity index (χ2n) is 4.33. The van der Waals surface area contributed by atoms with E-state index in [1.807, 2.05) is 6.07 Å². The molecule has 3 rings (SSSR count). The fraction of sp³-hybridized carbons (Fsp3) is 0.214. The lowest BCUT2D eigenvalue weighted by molar-refractivity contribution is -0.142. The summed E-state index contributed by atoms with van der Waals surface area (Å²) in [5.41, 5.74) is 1.56. The predicted octanol–water partition coefficient (Wildman–Crippen LogP) is 1.90. The molecular formula is C14H13NO4. The van der Waals surface area contributed by atoms with Gasteiger partial charge in [-0.25, -0.2) is 0 Å². The van der Waals surface area contributed by atoms with Crippen LogP contribution in [0.4, 0.5) is 0 Å². The van der Waals surface area contributed by atoms with Gasteiger partial charge >= 0.3 is 5.97 Å². The third-order valence-corrected chi connectivity index (χ3v) is 3.23. The van der Waals surface area contributed by atoms with Crippen LogP contribution in [-0.4, -0.2) is 27.4 Å². The number of ether oxygens (including phenoxy) is 1. The minimum atomic E-state index is -0.611. The van der Waals surface area contributed by atoms with Gasteiger partial charge in [0.15, 0.2) is 0 Å². The van der Waals surface area contributed by atoms with E-state index in [0.29, 0.717) is 16.8 Å². The zero-order chi connectivity index (χ0) is 13.6. The van der Waals surface area contributed by atoms with Gasteiger partial charge in [-0.1, -0.05) is 18.2 Å². The topological polar surface area (TPSA) is 71.7 Å². The van der Waals surface area contributed by atoms with Crippen molar-refractivity contribution in [1.82, 2.24) is 4.57 Å². The van der Waals surface area contributed by atoms with Crippen LogP contribution in [0.15, 0.2) is 30.3 Å². The predicted molar refractivity (Wildman–Crippen MR) is 67.6 cm³/mol. The maximum absolute atomic E-state index is 11.6. The molecule has 1 aliphatic rings. The second kappa shape index (κ2) is 4.05. The Morgan fingerprint density at radius 2 is 1.79 bits per heavy atom. The van der Waals surface area contributed by atoms with E-state index in [1.54, 1.807) is 31.2 Å². The first-order valence-electron chi connectivity index (χ1n) is 6.05. The number of para-hydroxylation sites is 1. The van der Waals surface area contributed by atoms with Crippen molar-refractivity contribution < 1.29 is 19.7 Å². The third kappa shape index (κ3) is 1.58. The summed E-state index contributed by atoms with van der Waals surface area (Å²) in [6.07, 6.45) is 0. The molecule has 0 saturated heterocycles. The average Bonchev–Trinajstić information content (AvgIpc) is 3.10. The molecule has 0 saturated carbocycles. The van der Waals surface area contributed by atoms with Crippen LogP contribution in [0.25, 0.3) is 5.69 Å². The third-order valence-electron chi connectivity index (χ3n) is 3.23. The normalized spacial score (nSPS) is 13.1. The summed E-state index contributed by atoms with van der Waals surface area (Å²) in [4.78, 5) is 11.6. The van der Waals surface area contributed by atoms with Gasteiger partial charge in [0.25, 0.3) is 0 Å². The molecule has 0 fully saturated rings. The Morgan fingerprint density at radius 1 is 1.21 bits per heavy atom. The van der Waals surface area contributed by atoms with Crippen LogP contribution >= 0.6 is 0 Å². The van der Waals surface area contributed by atoms with E-state index < -0.39 is 11.9 Å². The number of aromatic nitrogens is 1. The molecule has 0 spiro atoms.